The lowest BCUT2D eigenvalue weighted by molar-refractivity contribution is -0.138. The van der Waals surface area contributed by atoms with Crippen LogP contribution in [0.1, 0.15) is 56.9 Å². The number of fused-ring (bicyclic) bond motifs is 2. The predicted octanol–water partition coefficient (Wildman–Crippen LogP) is 3.42. The first-order valence-corrected chi connectivity index (χ1v) is 9.77. The van der Waals surface area contributed by atoms with Gasteiger partial charge in [0.05, 0.1) is 5.41 Å². The van der Waals surface area contributed by atoms with E-state index in [1.54, 1.807) is 0 Å². The smallest absolute Gasteiger partial charge is 0.226 e. The van der Waals surface area contributed by atoms with E-state index in [1.807, 2.05) is 6.07 Å². The van der Waals surface area contributed by atoms with Crippen molar-refractivity contribution in [3.63, 3.8) is 0 Å². The van der Waals surface area contributed by atoms with Crippen molar-refractivity contribution in [3.05, 3.63) is 35.9 Å². The molecule has 0 saturated heterocycles. The summed E-state index contributed by atoms with van der Waals surface area (Å²) in [5.74, 6) is 1.52. The minimum Gasteiger partial charge on any atom is -0.352 e. The summed E-state index contributed by atoms with van der Waals surface area (Å²) in [5, 5.41) is 3.51. The van der Waals surface area contributed by atoms with E-state index >= 15 is 0 Å². The summed E-state index contributed by atoms with van der Waals surface area (Å²) in [7, 11) is 0. The Bertz CT molecular complexity index is 567. The lowest BCUT2D eigenvalue weighted by Crippen LogP contribution is -2.58. The number of hydrogen-bond acceptors (Lipinski definition) is 2. The third-order valence-electron chi connectivity index (χ3n) is 6.85. The van der Waals surface area contributed by atoms with Gasteiger partial charge in [-0.3, -0.25) is 4.79 Å². The maximum atomic E-state index is 13.2. The van der Waals surface area contributed by atoms with Crippen LogP contribution in [0.15, 0.2) is 30.3 Å². The molecule has 3 nitrogen and oxygen atoms in total. The number of benzene rings is 1. The monoisotopic (exact) mass is 326 g/mol. The van der Waals surface area contributed by atoms with Gasteiger partial charge in [0.25, 0.3) is 0 Å². The molecule has 3 aliphatic carbocycles. The maximum absolute atomic E-state index is 13.2. The van der Waals surface area contributed by atoms with Gasteiger partial charge in [-0.2, -0.15) is 0 Å². The van der Waals surface area contributed by atoms with Gasteiger partial charge in [0.15, 0.2) is 0 Å². The van der Waals surface area contributed by atoms with Crippen molar-refractivity contribution in [1.29, 1.82) is 0 Å². The van der Waals surface area contributed by atoms with Crippen molar-refractivity contribution in [2.75, 3.05) is 0 Å². The molecule has 24 heavy (non-hydrogen) atoms. The molecule has 3 saturated carbocycles. The fraction of sp³-hybridized carbons (Fsp3) is 0.667. The Labute approximate surface area is 145 Å². The molecule has 0 aliphatic heterocycles. The number of amides is 1. The molecule has 0 heterocycles. The molecule has 1 amide bonds. The molecule has 0 aromatic heterocycles. The van der Waals surface area contributed by atoms with E-state index in [4.69, 9.17) is 5.73 Å². The van der Waals surface area contributed by atoms with Gasteiger partial charge in [0, 0.05) is 12.1 Å². The number of nitrogens with two attached hydrogens (primary N) is 1. The van der Waals surface area contributed by atoms with Gasteiger partial charge in [-0.15, -0.1) is 0 Å². The van der Waals surface area contributed by atoms with Gasteiger partial charge in [0.1, 0.15) is 0 Å². The number of rotatable bonds is 4. The molecule has 1 aromatic rings. The molecule has 2 atom stereocenters. The molecule has 3 N–H and O–H groups in total. The molecule has 3 fully saturated rings. The molecular formula is C21H30N2O. The number of nitrogens with one attached hydrogen (secondary N) is 1. The standard InChI is InChI=1S/C21H30N2O/c22-18-12-16-8-4-9-17(13-18)19(16)23-20(24)21(10-5-11-21)14-15-6-2-1-3-7-15/h1-3,6-7,16-19H,4-5,8-14,22H2,(H,23,24). The Hall–Kier alpha value is -1.35. The third kappa shape index (κ3) is 2.99. The summed E-state index contributed by atoms with van der Waals surface area (Å²) in [6.45, 7) is 0. The van der Waals surface area contributed by atoms with Crippen LogP contribution >= 0.6 is 0 Å². The van der Waals surface area contributed by atoms with Crippen molar-refractivity contribution in [2.24, 2.45) is 23.0 Å². The van der Waals surface area contributed by atoms with Gasteiger partial charge in [0.2, 0.25) is 5.91 Å². The average molecular weight is 326 g/mol. The van der Waals surface area contributed by atoms with Crippen molar-refractivity contribution < 1.29 is 4.79 Å². The van der Waals surface area contributed by atoms with Crippen LogP contribution in [0.25, 0.3) is 0 Å². The molecule has 1 aromatic carbocycles. The zero-order valence-corrected chi connectivity index (χ0v) is 14.5. The largest absolute Gasteiger partial charge is 0.352 e. The zero-order valence-electron chi connectivity index (χ0n) is 14.5. The molecule has 0 radical (unpaired) electrons. The second-order valence-electron chi connectivity index (χ2n) is 8.48. The van der Waals surface area contributed by atoms with Crippen LogP contribution < -0.4 is 11.1 Å². The van der Waals surface area contributed by atoms with E-state index in [-0.39, 0.29) is 5.41 Å². The molecule has 2 unspecified atom stereocenters. The van der Waals surface area contributed by atoms with Gasteiger partial charge in [-0.25, -0.2) is 0 Å². The van der Waals surface area contributed by atoms with Crippen molar-refractivity contribution in [2.45, 2.75) is 69.9 Å². The van der Waals surface area contributed by atoms with Gasteiger partial charge < -0.3 is 11.1 Å². The fourth-order valence-electron chi connectivity index (χ4n) is 5.40. The summed E-state index contributed by atoms with van der Waals surface area (Å²) in [6, 6.07) is 11.2. The van der Waals surface area contributed by atoms with E-state index in [1.165, 1.54) is 31.2 Å². The molecule has 3 heteroatoms. The van der Waals surface area contributed by atoms with Crippen molar-refractivity contribution in [1.82, 2.24) is 5.32 Å². The molecule has 4 rings (SSSR count). The Kier molecular flexibility index (Phi) is 4.38. The lowest BCUT2D eigenvalue weighted by Gasteiger charge is -2.48. The topological polar surface area (TPSA) is 55.1 Å². The Morgan fingerprint density at radius 3 is 2.33 bits per heavy atom. The minimum atomic E-state index is -0.158. The average Bonchev–Trinajstić information content (AvgIpc) is 2.52. The van der Waals surface area contributed by atoms with Crippen LogP contribution in [0.4, 0.5) is 0 Å². The number of hydrogen-bond donors (Lipinski definition) is 2. The Morgan fingerprint density at radius 1 is 1.08 bits per heavy atom. The molecule has 0 spiro atoms. The highest BCUT2D eigenvalue weighted by atomic mass is 16.2. The van der Waals surface area contributed by atoms with Crippen LogP contribution in [0.3, 0.4) is 0 Å². The first-order valence-electron chi connectivity index (χ1n) is 9.77. The second kappa shape index (κ2) is 6.51. The normalized spacial score (nSPS) is 34.2. The van der Waals surface area contributed by atoms with Gasteiger partial charge in [-0.1, -0.05) is 43.2 Å². The van der Waals surface area contributed by atoms with Crippen LogP contribution in [0.5, 0.6) is 0 Å². The summed E-state index contributed by atoms with van der Waals surface area (Å²) < 4.78 is 0. The summed E-state index contributed by atoms with van der Waals surface area (Å²) in [5.41, 5.74) is 7.36. The maximum Gasteiger partial charge on any atom is 0.226 e. The fourth-order valence-corrected chi connectivity index (χ4v) is 5.40. The number of carbonyl (C=O) groups excluding carboxylic acids is 1. The predicted molar refractivity (Wildman–Crippen MR) is 96.4 cm³/mol. The second-order valence-corrected chi connectivity index (χ2v) is 8.48. The van der Waals surface area contributed by atoms with Crippen molar-refractivity contribution >= 4 is 5.91 Å². The Balaban J connectivity index is 1.46. The number of carbonyl (C=O) groups is 1. The van der Waals surface area contributed by atoms with Crippen molar-refractivity contribution in [3.8, 4) is 0 Å². The highest BCUT2D eigenvalue weighted by Crippen LogP contribution is 2.45. The van der Waals surface area contributed by atoms with E-state index in [9.17, 15) is 4.79 Å². The highest BCUT2D eigenvalue weighted by molar-refractivity contribution is 5.84. The van der Waals surface area contributed by atoms with E-state index < -0.39 is 0 Å². The van der Waals surface area contributed by atoms with E-state index in [2.05, 4.69) is 29.6 Å². The molecule has 3 aliphatic rings. The van der Waals surface area contributed by atoms with Crippen LogP contribution in [0, 0.1) is 17.3 Å². The lowest BCUT2D eigenvalue weighted by atomic mass is 9.63. The van der Waals surface area contributed by atoms with E-state index in [0.29, 0.717) is 29.8 Å². The molecule has 130 valence electrons. The SMILES string of the molecule is NC1CC2CCCC(C1)C2NC(=O)C1(Cc2ccccc2)CCC1. The summed E-state index contributed by atoms with van der Waals surface area (Å²) in [6.07, 6.45) is 10.1. The zero-order chi connectivity index (χ0) is 16.6. The summed E-state index contributed by atoms with van der Waals surface area (Å²) in [4.78, 5) is 13.2. The Morgan fingerprint density at radius 2 is 1.75 bits per heavy atom. The van der Waals surface area contributed by atoms with Gasteiger partial charge >= 0.3 is 0 Å². The quantitative estimate of drug-likeness (QED) is 0.891. The highest BCUT2D eigenvalue weighted by Gasteiger charge is 2.47. The van der Waals surface area contributed by atoms with Gasteiger partial charge in [-0.05, 0) is 62.3 Å². The van der Waals surface area contributed by atoms with Crippen LogP contribution in [-0.4, -0.2) is 18.0 Å². The summed E-state index contributed by atoms with van der Waals surface area (Å²) >= 11 is 0. The first kappa shape index (κ1) is 16.1. The van der Waals surface area contributed by atoms with E-state index in [0.717, 1.165) is 32.1 Å². The van der Waals surface area contributed by atoms with Crippen LogP contribution in [0.2, 0.25) is 0 Å². The van der Waals surface area contributed by atoms with Crippen LogP contribution in [-0.2, 0) is 11.2 Å². The third-order valence-corrected chi connectivity index (χ3v) is 6.85. The first-order chi connectivity index (χ1) is 11.7. The molecular weight excluding hydrogens is 296 g/mol. The minimum absolute atomic E-state index is 0.158. The molecule has 2 bridgehead atoms.